The quantitative estimate of drug-likeness (QED) is 0.430. The van der Waals surface area contributed by atoms with Gasteiger partial charge in [-0.3, -0.25) is 0 Å². The van der Waals surface area contributed by atoms with E-state index in [0.29, 0.717) is 11.8 Å². The number of aryl methyl sites for hydroxylation is 2. The number of aromatic amines is 1. The van der Waals surface area contributed by atoms with Crippen LogP contribution in [0.5, 0.6) is 0 Å². The average molecular weight is 520 g/mol. The minimum absolute atomic E-state index is 0.250. The SMILES string of the molecule is Cc1cccc(C(C)C2=CNC(=S)C2)c1C.Cc1cccc(C(C)c2cnc[nH]2)c1C.O=C=O.O=C=O. The van der Waals surface area contributed by atoms with E-state index in [-0.39, 0.29) is 12.3 Å². The molecule has 0 fully saturated rings. The Hall–Kier alpha value is -3.96. The molecule has 3 aromatic rings. The van der Waals surface area contributed by atoms with E-state index < -0.39 is 0 Å². The standard InChI is InChI=1S/C14H17NS.C13H16N2.2CO2/c1-9-5-4-6-13(10(9)2)11(3)12-7-14(16)15-8-12;1-9-5-4-6-12(10(9)2)11(3)13-7-14-8-15-13;2*2-1-3/h4-6,8,11H,7H2,1-3H3,(H,15,16);4-8,11H,1-3H3,(H,14,15);;. The summed E-state index contributed by atoms with van der Waals surface area (Å²) in [5.41, 5.74) is 10.8. The first-order valence-corrected chi connectivity index (χ1v) is 12.1. The number of hydrogen-bond donors (Lipinski definition) is 2. The monoisotopic (exact) mass is 519 g/mol. The smallest absolute Gasteiger partial charge is 0.356 e. The maximum absolute atomic E-state index is 8.12. The molecule has 0 saturated heterocycles. The molecule has 1 aromatic heterocycles. The van der Waals surface area contributed by atoms with E-state index in [1.165, 1.54) is 44.6 Å². The van der Waals surface area contributed by atoms with Crippen LogP contribution in [0, 0.1) is 27.7 Å². The summed E-state index contributed by atoms with van der Waals surface area (Å²) < 4.78 is 0. The molecule has 2 aromatic carbocycles. The summed E-state index contributed by atoms with van der Waals surface area (Å²) in [6.45, 7) is 13.1. The summed E-state index contributed by atoms with van der Waals surface area (Å²) in [4.78, 5) is 40.7. The van der Waals surface area contributed by atoms with Crippen LogP contribution in [-0.2, 0) is 19.2 Å². The van der Waals surface area contributed by atoms with Crippen LogP contribution in [0.1, 0.15) is 71.2 Å². The predicted octanol–water partition coefficient (Wildman–Crippen LogP) is 5.62. The van der Waals surface area contributed by atoms with Crippen molar-refractivity contribution in [2.24, 2.45) is 0 Å². The molecule has 1 aliphatic heterocycles. The van der Waals surface area contributed by atoms with Crippen LogP contribution >= 0.6 is 12.2 Å². The lowest BCUT2D eigenvalue weighted by Crippen LogP contribution is -2.06. The molecule has 1 aliphatic rings. The summed E-state index contributed by atoms with van der Waals surface area (Å²) in [6.07, 6.45) is 7.10. The molecule has 0 saturated carbocycles. The number of benzene rings is 2. The van der Waals surface area contributed by atoms with Crippen molar-refractivity contribution in [1.29, 1.82) is 0 Å². The number of hydrogen-bond acceptors (Lipinski definition) is 6. The van der Waals surface area contributed by atoms with Crippen LogP contribution in [0.25, 0.3) is 0 Å². The van der Waals surface area contributed by atoms with Crippen molar-refractivity contribution in [2.75, 3.05) is 0 Å². The zero-order valence-electron chi connectivity index (χ0n) is 22.0. The Morgan fingerprint density at radius 2 is 1.32 bits per heavy atom. The summed E-state index contributed by atoms with van der Waals surface area (Å²) in [6, 6.07) is 13.0. The Balaban J connectivity index is 0.000000306. The van der Waals surface area contributed by atoms with Crippen molar-refractivity contribution < 1.29 is 19.2 Å². The number of carbonyl (C=O) groups excluding carboxylic acids is 4. The molecule has 0 radical (unpaired) electrons. The van der Waals surface area contributed by atoms with Crippen molar-refractivity contribution in [2.45, 2.75) is 59.8 Å². The van der Waals surface area contributed by atoms with E-state index in [4.69, 9.17) is 31.4 Å². The number of aromatic nitrogens is 2. The van der Waals surface area contributed by atoms with Gasteiger partial charge in [-0.25, -0.2) is 4.98 Å². The number of thiocarbonyl (C=S) groups is 1. The highest BCUT2D eigenvalue weighted by molar-refractivity contribution is 7.80. The van der Waals surface area contributed by atoms with Gasteiger partial charge in [-0.2, -0.15) is 19.2 Å². The van der Waals surface area contributed by atoms with Crippen molar-refractivity contribution in [3.63, 3.8) is 0 Å². The lowest BCUT2D eigenvalue weighted by molar-refractivity contribution is -0.193. The molecule has 0 bridgehead atoms. The average Bonchev–Trinajstić information content (AvgIpc) is 3.56. The summed E-state index contributed by atoms with van der Waals surface area (Å²) in [5, 5.41) is 3.12. The van der Waals surface area contributed by atoms with E-state index in [0.717, 1.165) is 11.4 Å². The molecular formula is C29H33N3O4S. The lowest BCUT2D eigenvalue weighted by Gasteiger charge is -2.16. The Morgan fingerprint density at radius 1 is 0.838 bits per heavy atom. The minimum Gasteiger partial charge on any atom is -0.356 e. The van der Waals surface area contributed by atoms with Gasteiger partial charge in [-0.1, -0.05) is 62.5 Å². The van der Waals surface area contributed by atoms with E-state index in [2.05, 4.69) is 99.4 Å². The van der Waals surface area contributed by atoms with Crippen molar-refractivity contribution in [3.8, 4) is 0 Å². The molecular weight excluding hydrogens is 486 g/mol. The highest BCUT2D eigenvalue weighted by Crippen LogP contribution is 2.31. The summed E-state index contributed by atoms with van der Waals surface area (Å²) in [5.74, 6) is 0.834. The van der Waals surface area contributed by atoms with Crippen molar-refractivity contribution >= 4 is 29.5 Å². The second-order valence-electron chi connectivity index (χ2n) is 8.66. The first-order chi connectivity index (χ1) is 17.6. The molecule has 0 amide bonds. The zero-order chi connectivity index (χ0) is 28.0. The topological polar surface area (TPSA) is 109 Å². The van der Waals surface area contributed by atoms with Gasteiger partial charge < -0.3 is 10.3 Å². The third-order valence-corrected chi connectivity index (χ3v) is 6.81. The highest BCUT2D eigenvalue weighted by atomic mass is 32.1. The maximum atomic E-state index is 8.12. The Labute approximate surface area is 223 Å². The Morgan fingerprint density at radius 3 is 1.73 bits per heavy atom. The van der Waals surface area contributed by atoms with E-state index >= 15 is 0 Å². The second kappa shape index (κ2) is 15.9. The molecule has 8 heteroatoms. The van der Waals surface area contributed by atoms with Gasteiger partial charge in [0.2, 0.25) is 0 Å². The van der Waals surface area contributed by atoms with Gasteiger partial charge in [-0.15, -0.1) is 0 Å². The van der Waals surface area contributed by atoms with Crippen LogP contribution in [0.2, 0.25) is 0 Å². The molecule has 2 unspecified atom stereocenters. The molecule has 2 atom stereocenters. The fourth-order valence-corrected chi connectivity index (χ4v) is 4.32. The maximum Gasteiger partial charge on any atom is 0.373 e. The first-order valence-electron chi connectivity index (χ1n) is 11.7. The summed E-state index contributed by atoms with van der Waals surface area (Å²) in [7, 11) is 0. The molecule has 194 valence electrons. The highest BCUT2D eigenvalue weighted by Gasteiger charge is 2.19. The predicted molar refractivity (Wildman–Crippen MR) is 145 cm³/mol. The molecule has 0 aliphatic carbocycles. The minimum atomic E-state index is 0.250. The van der Waals surface area contributed by atoms with E-state index in [9.17, 15) is 0 Å². The van der Waals surface area contributed by atoms with Gasteiger partial charge in [0.25, 0.3) is 0 Å². The lowest BCUT2D eigenvalue weighted by atomic mass is 9.88. The number of nitrogens with zero attached hydrogens (tertiary/aromatic N) is 1. The number of rotatable bonds is 4. The van der Waals surface area contributed by atoms with Gasteiger partial charge in [0.15, 0.2) is 0 Å². The van der Waals surface area contributed by atoms with Crippen LogP contribution in [0.15, 0.2) is 60.7 Å². The number of imidazole rings is 1. The van der Waals surface area contributed by atoms with Crippen LogP contribution in [0.3, 0.4) is 0 Å². The van der Waals surface area contributed by atoms with Crippen LogP contribution in [0.4, 0.5) is 0 Å². The van der Waals surface area contributed by atoms with Gasteiger partial charge in [0, 0.05) is 36.3 Å². The molecule has 2 N–H and O–H groups in total. The fraction of sp³-hybridized carbons (Fsp3) is 0.310. The van der Waals surface area contributed by atoms with Gasteiger partial charge in [0.1, 0.15) is 0 Å². The molecule has 0 spiro atoms. The zero-order valence-corrected chi connectivity index (χ0v) is 22.9. The molecule has 7 nitrogen and oxygen atoms in total. The van der Waals surface area contributed by atoms with E-state index in [1.807, 2.05) is 6.20 Å². The third kappa shape index (κ3) is 9.21. The molecule has 2 heterocycles. The van der Waals surface area contributed by atoms with Gasteiger partial charge in [-0.05, 0) is 66.6 Å². The Kier molecular flexibility index (Phi) is 13.4. The van der Waals surface area contributed by atoms with Crippen LogP contribution in [-0.4, -0.2) is 27.3 Å². The van der Waals surface area contributed by atoms with Crippen LogP contribution < -0.4 is 5.32 Å². The van der Waals surface area contributed by atoms with Gasteiger partial charge >= 0.3 is 12.3 Å². The molecule has 37 heavy (non-hydrogen) atoms. The van der Waals surface area contributed by atoms with Gasteiger partial charge in [0.05, 0.1) is 11.3 Å². The largest absolute Gasteiger partial charge is 0.373 e. The fourth-order valence-electron chi connectivity index (χ4n) is 4.10. The summed E-state index contributed by atoms with van der Waals surface area (Å²) >= 11 is 5.16. The molecule has 4 rings (SSSR count). The van der Waals surface area contributed by atoms with E-state index in [1.54, 1.807) is 6.33 Å². The first kappa shape index (κ1) is 31.1. The Bertz CT molecular complexity index is 1260. The normalized spacial score (nSPS) is 12.9. The number of nitrogens with one attached hydrogen (secondary N) is 2. The van der Waals surface area contributed by atoms with Crippen molar-refractivity contribution in [3.05, 3.63) is 99.8 Å². The second-order valence-corrected chi connectivity index (χ2v) is 9.15. The third-order valence-electron chi connectivity index (χ3n) is 6.55. The number of H-pyrrole nitrogens is 1. The van der Waals surface area contributed by atoms with Crippen molar-refractivity contribution in [1.82, 2.24) is 15.3 Å².